The van der Waals surface area contributed by atoms with Crippen LogP contribution in [-0.2, 0) is 5.41 Å². The first-order chi connectivity index (χ1) is 5.91. The fourth-order valence-electron chi connectivity index (χ4n) is 0.983. The molecule has 0 aromatic carbocycles. The lowest BCUT2D eigenvalue weighted by Gasteiger charge is -2.17. The van der Waals surface area contributed by atoms with Crippen molar-refractivity contribution < 1.29 is 4.79 Å². The molecule has 0 atom stereocenters. The molecule has 2 N–H and O–H groups in total. The zero-order chi connectivity index (χ0) is 10.1. The van der Waals surface area contributed by atoms with Gasteiger partial charge in [-0.2, -0.15) is 0 Å². The number of aromatic nitrogens is 1. The minimum Gasteiger partial charge on any atom is -0.366 e. The van der Waals surface area contributed by atoms with Crippen molar-refractivity contribution in [1.82, 2.24) is 4.98 Å². The lowest BCUT2D eigenvalue weighted by Crippen LogP contribution is -2.16. The maximum absolute atomic E-state index is 10.7. The molecule has 1 aromatic rings. The smallest absolute Gasteiger partial charge is 0.250 e. The van der Waals surface area contributed by atoms with Gasteiger partial charge in [0, 0.05) is 17.3 Å². The molecule has 13 heavy (non-hydrogen) atoms. The SMILES string of the molecule is CC(C)(C)c1ccc(C(N)=O)cn1. The second-order valence-electron chi connectivity index (χ2n) is 4.05. The van der Waals surface area contributed by atoms with Gasteiger partial charge in [0.05, 0.1) is 5.56 Å². The Balaban J connectivity index is 3.01. The average Bonchev–Trinajstić information content (AvgIpc) is 2.03. The van der Waals surface area contributed by atoms with Crippen LogP contribution in [0.4, 0.5) is 0 Å². The van der Waals surface area contributed by atoms with E-state index >= 15 is 0 Å². The van der Waals surface area contributed by atoms with E-state index < -0.39 is 5.91 Å². The Labute approximate surface area is 78.0 Å². The molecule has 1 heterocycles. The van der Waals surface area contributed by atoms with Gasteiger partial charge in [-0.15, -0.1) is 0 Å². The van der Waals surface area contributed by atoms with Crippen LogP contribution in [0.2, 0.25) is 0 Å². The van der Waals surface area contributed by atoms with Crippen LogP contribution in [0.1, 0.15) is 36.8 Å². The third-order valence-corrected chi connectivity index (χ3v) is 1.82. The molecule has 0 aliphatic heterocycles. The van der Waals surface area contributed by atoms with Gasteiger partial charge < -0.3 is 5.73 Å². The highest BCUT2D eigenvalue weighted by Crippen LogP contribution is 2.19. The first-order valence-corrected chi connectivity index (χ1v) is 4.17. The molecule has 3 heteroatoms. The van der Waals surface area contributed by atoms with Gasteiger partial charge in [0.15, 0.2) is 0 Å². The van der Waals surface area contributed by atoms with Crippen molar-refractivity contribution in [2.24, 2.45) is 5.73 Å². The number of carbonyl (C=O) groups is 1. The number of hydrogen-bond acceptors (Lipinski definition) is 2. The molecule has 0 spiro atoms. The quantitative estimate of drug-likeness (QED) is 0.708. The Morgan fingerprint density at radius 3 is 2.31 bits per heavy atom. The van der Waals surface area contributed by atoms with Crippen LogP contribution in [0.5, 0.6) is 0 Å². The lowest BCUT2D eigenvalue weighted by atomic mass is 9.91. The third-order valence-electron chi connectivity index (χ3n) is 1.82. The third kappa shape index (κ3) is 2.28. The number of nitrogens with two attached hydrogens (primary N) is 1. The van der Waals surface area contributed by atoms with Crippen molar-refractivity contribution in [1.29, 1.82) is 0 Å². The number of pyridine rings is 1. The lowest BCUT2D eigenvalue weighted by molar-refractivity contribution is 0.1000. The summed E-state index contributed by atoms with van der Waals surface area (Å²) in [6.07, 6.45) is 1.52. The second kappa shape index (κ2) is 3.17. The maximum atomic E-state index is 10.7. The summed E-state index contributed by atoms with van der Waals surface area (Å²) < 4.78 is 0. The topological polar surface area (TPSA) is 56.0 Å². The Hall–Kier alpha value is -1.38. The van der Waals surface area contributed by atoms with Gasteiger partial charge in [0.2, 0.25) is 5.91 Å². The highest BCUT2D eigenvalue weighted by Gasteiger charge is 2.15. The summed E-state index contributed by atoms with van der Waals surface area (Å²) in [5, 5.41) is 0. The summed E-state index contributed by atoms with van der Waals surface area (Å²) in [5.74, 6) is -0.437. The van der Waals surface area contributed by atoms with Gasteiger partial charge in [-0.3, -0.25) is 9.78 Å². The van der Waals surface area contributed by atoms with E-state index in [2.05, 4.69) is 25.8 Å². The van der Waals surface area contributed by atoms with Crippen LogP contribution in [0.25, 0.3) is 0 Å². The Morgan fingerprint density at radius 1 is 1.38 bits per heavy atom. The molecule has 0 bridgehead atoms. The average molecular weight is 178 g/mol. The van der Waals surface area contributed by atoms with Crippen LogP contribution in [0, 0.1) is 0 Å². The van der Waals surface area contributed by atoms with Crippen LogP contribution < -0.4 is 5.73 Å². The molecule has 0 saturated carbocycles. The van der Waals surface area contributed by atoms with Gasteiger partial charge >= 0.3 is 0 Å². The van der Waals surface area contributed by atoms with Gasteiger partial charge in [0.1, 0.15) is 0 Å². The molecular formula is C10H14N2O. The molecule has 1 amide bonds. The highest BCUT2D eigenvalue weighted by atomic mass is 16.1. The number of carbonyl (C=O) groups excluding carboxylic acids is 1. The van der Waals surface area contributed by atoms with Crippen LogP contribution >= 0.6 is 0 Å². The molecule has 70 valence electrons. The molecule has 0 saturated heterocycles. The van der Waals surface area contributed by atoms with E-state index in [1.54, 1.807) is 6.07 Å². The van der Waals surface area contributed by atoms with E-state index in [1.165, 1.54) is 6.20 Å². The highest BCUT2D eigenvalue weighted by molar-refractivity contribution is 5.92. The number of primary amides is 1. The van der Waals surface area contributed by atoms with Crippen molar-refractivity contribution in [3.8, 4) is 0 Å². The van der Waals surface area contributed by atoms with Gasteiger partial charge in [-0.1, -0.05) is 20.8 Å². The normalized spacial score (nSPS) is 11.3. The molecule has 0 aliphatic carbocycles. The van der Waals surface area contributed by atoms with Crippen molar-refractivity contribution >= 4 is 5.91 Å². The Morgan fingerprint density at radius 2 is 2.00 bits per heavy atom. The fourth-order valence-corrected chi connectivity index (χ4v) is 0.983. The standard InChI is InChI=1S/C10H14N2O/c1-10(2,3)8-5-4-7(6-12-8)9(11)13/h4-6H,1-3H3,(H2,11,13). The van der Waals surface area contributed by atoms with E-state index in [0.717, 1.165) is 5.69 Å². The van der Waals surface area contributed by atoms with E-state index in [9.17, 15) is 4.79 Å². The first-order valence-electron chi connectivity index (χ1n) is 4.17. The van der Waals surface area contributed by atoms with Crippen LogP contribution in [0.3, 0.4) is 0 Å². The summed E-state index contributed by atoms with van der Waals surface area (Å²) in [5.41, 5.74) is 6.51. The van der Waals surface area contributed by atoms with Crippen LogP contribution in [0.15, 0.2) is 18.3 Å². The molecule has 0 aliphatic rings. The minimum atomic E-state index is -0.437. The van der Waals surface area contributed by atoms with Crippen molar-refractivity contribution in [2.75, 3.05) is 0 Å². The maximum Gasteiger partial charge on any atom is 0.250 e. The van der Waals surface area contributed by atoms with Crippen LogP contribution in [-0.4, -0.2) is 10.9 Å². The molecule has 3 nitrogen and oxygen atoms in total. The van der Waals surface area contributed by atoms with Crippen molar-refractivity contribution in [3.05, 3.63) is 29.6 Å². The molecule has 1 rings (SSSR count). The molecule has 1 aromatic heterocycles. The Kier molecular flexibility index (Phi) is 2.36. The molecular weight excluding hydrogens is 164 g/mol. The first kappa shape index (κ1) is 9.71. The van der Waals surface area contributed by atoms with Crippen molar-refractivity contribution in [3.63, 3.8) is 0 Å². The summed E-state index contributed by atoms with van der Waals surface area (Å²) >= 11 is 0. The van der Waals surface area contributed by atoms with E-state index in [0.29, 0.717) is 5.56 Å². The van der Waals surface area contributed by atoms with Crippen molar-refractivity contribution in [2.45, 2.75) is 26.2 Å². The molecule has 0 radical (unpaired) electrons. The summed E-state index contributed by atoms with van der Waals surface area (Å²) in [4.78, 5) is 14.9. The summed E-state index contributed by atoms with van der Waals surface area (Å²) in [6.45, 7) is 6.21. The van der Waals surface area contributed by atoms with Gasteiger partial charge in [0.25, 0.3) is 0 Å². The van der Waals surface area contributed by atoms with Gasteiger partial charge in [-0.05, 0) is 12.1 Å². The zero-order valence-electron chi connectivity index (χ0n) is 8.16. The number of rotatable bonds is 1. The summed E-state index contributed by atoms with van der Waals surface area (Å²) in [6, 6.07) is 3.54. The predicted molar refractivity (Wildman–Crippen MR) is 51.5 cm³/mol. The largest absolute Gasteiger partial charge is 0.366 e. The van der Waals surface area contributed by atoms with E-state index in [4.69, 9.17) is 5.73 Å². The molecule has 0 unspecified atom stereocenters. The number of amides is 1. The van der Waals surface area contributed by atoms with Gasteiger partial charge in [-0.25, -0.2) is 0 Å². The molecule has 0 fully saturated rings. The van der Waals surface area contributed by atoms with E-state index in [1.807, 2.05) is 6.07 Å². The fraction of sp³-hybridized carbons (Fsp3) is 0.400. The number of hydrogen-bond donors (Lipinski definition) is 1. The predicted octanol–water partition coefficient (Wildman–Crippen LogP) is 1.48. The van der Waals surface area contributed by atoms with E-state index in [-0.39, 0.29) is 5.41 Å². The monoisotopic (exact) mass is 178 g/mol. The summed E-state index contributed by atoms with van der Waals surface area (Å²) in [7, 11) is 0. The Bertz CT molecular complexity index is 309. The minimum absolute atomic E-state index is 0.0101. The zero-order valence-corrected chi connectivity index (χ0v) is 8.16. The number of nitrogens with zero attached hydrogens (tertiary/aromatic N) is 1. The second-order valence-corrected chi connectivity index (χ2v) is 4.05.